The third kappa shape index (κ3) is 3.80. The van der Waals surface area contributed by atoms with Gasteiger partial charge in [-0.15, -0.1) is 0 Å². The Labute approximate surface area is 91.0 Å². The molecule has 0 amide bonds. The summed E-state index contributed by atoms with van der Waals surface area (Å²) >= 11 is 0. The molecule has 1 aromatic rings. The number of unbranched alkanes of at least 4 members (excludes halogenated alkanes) is 1. The Hall–Kier alpha value is -1.22. The van der Waals surface area contributed by atoms with Gasteiger partial charge in [-0.2, -0.15) is 0 Å². The monoisotopic (exact) mass is 209 g/mol. The number of hydrogen-bond acceptors (Lipinski definition) is 3. The van der Waals surface area contributed by atoms with Gasteiger partial charge in [0.2, 0.25) is 0 Å². The van der Waals surface area contributed by atoms with Crippen molar-refractivity contribution in [3.05, 3.63) is 24.3 Å². The second-order valence-corrected chi connectivity index (χ2v) is 3.53. The van der Waals surface area contributed by atoms with Crippen LogP contribution in [0.1, 0.15) is 19.8 Å². The Morgan fingerprint density at radius 1 is 1.27 bits per heavy atom. The van der Waals surface area contributed by atoms with Gasteiger partial charge in [-0.05, 0) is 31.9 Å². The first-order valence-electron chi connectivity index (χ1n) is 5.42. The average molecular weight is 209 g/mol. The highest BCUT2D eigenvalue weighted by molar-refractivity contribution is 5.50. The fourth-order valence-corrected chi connectivity index (χ4v) is 1.57. The van der Waals surface area contributed by atoms with E-state index < -0.39 is 0 Å². The zero-order valence-corrected chi connectivity index (χ0v) is 9.19. The summed E-state index contributed by atoms with van der Waals surface area (Å²) in [7, 11) is 0. The molecule has 0 aliphatic heterocycles. The van der Waals surface area contributed by atoms with Gasteiger partial charge in [0.15, 0.2) is 0 Å². The molecule has 0 bridgehead atoms. The van der Waals surface area contributed by atoms with Gasteiger partial charge in [0.05, 0.1) is 0 Å². The third-order valence-corrected chi connectivity index (χ3v) is 2.41. The minimum Gasteiger partial charge on any atom is -0.508 e. The zero-order valence-electron chi connectivity index (χ0n) is 9.19. The Kier molecular flexibility index (Phi) is 4.98. The second kappa shape index (κ2) is 6.30. The van der Waals surface area contributed by atoms with Gasteiger partial charge in [-0.3, -0.25) is 0 Å². The summed E-state index contributed by atoms with van der Waals surface area (Å²) in [4.78, 5) is 2.19. The van der Waals surface area contributed by atoms with Crippen LogP contribution in [0.4, 0.5) is 5.69 Å². The van der Waals surface area contributed by atoms with Crippen LogP contribution < -0.4 is 4.90 Å². The van der Waals surface area contributed by atoms with Gasteiger partial charge in [-0.1, -0.05) is 6.07 Å². The highest BCUT2D eigenvalue weighted by Crippen LogP contribution is 2.20. The van der Waals surface area contributed by atoms with Gasteiger partial charge in [0.1, 0.15) is 5.75 Å². The van der Waals surface area contributed by atoms with Crippen molar-refractivity contribution in [2.75, 3.05) is 24.6 Å². The lowest BCUT2D eigenvalue weighted by atomic mass is 10.2. The lowest BCUT2D eigenvalue weighted by Crippen LogP contribution is -2.23. The maximum Gasteiger partial charge on any atom is 0.117 e. The van der Waals surface area contributed by atoms with Crippen molar-refractivity contribution in [3.63, 3.8) is 0 Å². The summed E-state index contributed by atoms with van der Waals surface area (Å²) in [6, 6.07) is 7.27. The molecule has 1 rings (SSSR count). The van der Waals surface area contributed by atoms with Crippen molar-refractivity contribution < 1.29 is 10.2 Å². The number of aliphatic hydroxyl groups is 1. The van der Waals surface area contributed by atoms with Crippen LogP contribution in [0.25, 0.3) is 0 Å². The predicted molar refractivity (Wildman–Crippen MR) is 62.3 cm³/mol. The Morgan fingerprint density at radius 3 is 2.67 bits per heavy atom. The van der Waals surface area contributed by atoms with Crippen molar-refractivity contribution in [1.29, 1.82) is 0 Å². The molecule has 0 atom stereocenters. The highest BCUT2D eigenvalue weighted by atomic mass is 16.3. The van der Waals surface area contributed by atoms with E-state index >= 15 is 0 Å². The summed E-state index contributed by atoms with van der Waals surface area (Å²) < 4.78 is 0. The molecule has 84 valence electrons. The standard InChI is InChI=1S/C12H19NO2/c1-2-13(8-3-4-9-14)11-6-5-7-12(15)10-11/h5-7,10,14-15H,2-4,8-9H2,1H3. The summed E-state index contributed by atoms with van der Waals surface area (Å²) in [6.45, 7) is 4.16. The molecule has 0 fully saturated rings. The van der Waals surface area contributed by atoms with Gasteiger partial charge >= 0.3 is 0 Å². The molecule has 3 nitrogen and oxygen atoms in total. The number of anilines is 1. The summed E-state index contributed by atoms with van der Waals surface area (Å²) in [6.07, 6.45) is 1.80. The van der Waals surface area contributed by atoms with E-state index in [1.54, 1.807) is 12.1 Å². The van der Waals surface area contributed by atoms with Crippen molar-refractivity contribution in [1.82, 2.24) is 0 Å². The van der Waals surface area contributed by atoms with Crippen LogP contribution in [-0.4, -0.2) is 29.9 Å². The van der Waals surface area contributed by atoms with E-state index in [-0.39, 0.29) is 6.61 Å². The molecule has 0 aliphatic carbocycles. The molecule has 0 aromatic heterocycles. The minimum absolute atomic E-state index is 0.248. The van der Waals surface area contributed by atoms with Crippen molar-refractivity contribution >= 4 is 5.69 Å². The Morgan fingerprint density at radius 2 is 2.07 bits per heavy atom. The first-order valence-corrected chi connectivity index (χ1v) is 5.42. The third-order valence-electron chi connectivity index (χ3n) is 2.41. The van der Waals surface area contributed by atoms with E-state index in [0.29, 0.717) is 5.75 Å². The zero-order chi connectivity index (χ0) is 11.1. The maximum atomic E-state index is 9.36. The smallest absolute Gasteiger partial charge is 0.117 e. The lowest BCUT2D eigenvalue weighted by molar-refractivity contribution is 0.285. The van der Waals surface area contributed by atoms with E-state index in [2.05, 4.69) is 11.8 Å². The van der Waals surface area contributed by atoms with Crippen LogP contribution in [0, 0.1) is 0 Å². The molecule has 0 saturated carbocycles. The maximum absolute atomic E-state index is 9.36. The number of aromatic hydroxyl groups is 1. The number of aliphatic hydroxyl groups excluding tert-OH is 1. The van der Waals surface area contributed by atoms with E-state index in [0.717, 1.165) is 31.6 Å². The summed E-state index contributed by atoms with van der Waals surface area (Å²) in [5, 5.41) is 18.1. The van der Waals surface area contributed by atoms with E-state index in [1.807, 2.05) is 12.1 Å². The van der Waals surface area contributed by atoms with E-state index in [4.69, 9.17) is 5.11 Å². The number of nitrogens with zero attached hydrogens (tertiary/aromatic N) is 1. The van der Waals surface area contributed by atoms with Crippen LogP contribution in [-0.2, 0) is 0 Å². The van der Waals surface area contributed by atoms with E-state index in [9.17, 15) is 5.11 Å². The van der Waals surface area contributed by atoms with Gasteiger partial charge < -0.3 is 15.1 Å². The van der Waals surface area contributed by atoms with Crippen molar-refractivity contribution in [2.24, 2.45) is 0 Å². The average Bonchev–Trinajstić information content (AvgIpc) is 2.24. The SMILES string of the molecule is CCN(CCCCO)c1cccc(O)c1. The highest BCUT2D eigenvalue weighted by Gasteiger charge is 2.03. The molecule has 15 heavy (non-hydrogen) atoms. The van der Waals surface area contributed by atoms with Crippen LogP contribution >= 0.6 is 0 Å². The number of benzene rings is 1. The summed E-state index contributed by atoms with van der Waals surface area (Å²) in [5.74, 6) is 0.299. The molecule has 0 heterocycles. The fraction of sp³-hybridized carbons (Fsp3) is 0.500. The molecule has 0 aliphatic rings. The molecular formula is C12H19NO2. The minimum atomic E-state index is 0.248. The van der Waals surface area contributed by atoms with Crippen molar-refractivity contribution in [2.45, 2.75) is 19.8 Å². The van der Waals surface area contributed by atoms with Gasteiger partial charge in [0.25, 0.3) is 0 Å². The van der Waals surface area contributed by atoms with E-state index in [1.165, 1.54) is 0 Å². The lowest BCUT2D eigenvalue weighted by Gasteiger charge is -2.23. The first kappa shape index (κ1) is 11.9. The van der Waals surface area contributed by atoms with Crippen LogP contribution in [0.15, 0.2) is 24.3 Å². The molecular weight excluding hydrogens is 190 g/mol. The summed E-state index contributed by atoms with van der Waals surface area (Å²) in [5.41, 5.74) is 1.04. The molecule has 3 heteroatoms. The van der Waals surface area contributed by atoms with Gasteiger partial charge in [-0.25, -0.2) is 0 Å². The number of phenolic OH excluding ortho intramolecular Hbond substituents is 1. The molecule has 0 saturated heterocycles. The Balaban J connectivity index is 2.57. The molecule has 0 radical (unpaired) electrons. The topological polar surface area (TPSA) is 43.7 Å². The number of phenols is 1. The quantitative estimate of drug-likeness (QED) is 0.704. The molecule has 0 spiro atoms. The normalized spacial score (nSPS) is 10.3. The number of rotatable bonds is 6. The number of hydrogen-bond donors (Lipinski definition) is 2. The molecule has 2 N–H and O–H groups in total. The fourth-order valence-electron chi connectivity index (χ4n) is 1.57. The van der Waals surface area contributed by atoms with Crippen LogP contribution in [0.2, 0.25) is 0 Å². The Bertz CT molecular complexity index is 289. The molecule has 1 aromatic carbocycles. The molecule has 0 unspecified atom stereocenters. The largest absolute Gasteiger partial charge is 0.508 e. The predicted octanol–water partition coefficient (Wildman–Crippen LogP) is 1.99. The van der Waals surface area contributed by atoms with Crippen molar-refractivity contribution in [3.8, 4) is 5.75 Å². The van der Waals surface area contributed by atoms with Crippen LogP contribution in [0.5, 0.6) is 5.75 Å². The second-order valence-electron chi connectivity index (χ2n) is 3.53. The first-order chi connectivity index (χ1) is 7.27. The van der Waals surface area contributed by atoms with Gasteiger partial charge in [0, 0.05) is 31.5 Å². The van der Waals surface area contributed by atoms with Crippen LogP contribution in [0.3, 0.4) is 0 Å².